The van der Waals surface area contributed by atoms with Crippen LogP contribution >= 0.6 is 11.3 Å². The summed E-state index contributed by atoms with van der Waals surface area (Å²) in [7, 11) is -3.74. The summed E-state index contributed by atoms with van der Waals surface area (Å²) in [6.07, 6.45) is 0.255. The number of hydrogen-bond donors (Lipinski definition) is 0. The van der Waals surface area contributed by atoms with Crippen LogP contribution in [0.15, 0.2) is 5.38 Å². The van der Waals surface area contributed by atoms with E-state index in [9.17, 15) is 13.2 Å². The van der Waals surface area contributed by atoms with Crippen LogP contribution in [0, 0.1) is 6.92 Å². The molecule has 1 aliphatic rings. The topological polar surface area (TPSA) is 76.6 Å². The average Bonchev–Trinajstić information content (AvgIpc) is 3.01. The van der Waals surface area contributed by atoms with Crippen molar-refractivity contribution in [2.45, 2.75) is 51.4 Å². The Morgan fingerprint density at radius 1 is 1.45 bits per heavy atom. The highest BCUT2D eigenvalue weighted by atomic mass is 32.2. The van der Waals surface area contributed by atoms with Gasteiger partial charge in [0.05, 0.1) is 10.3 Å². The first-order valence-electron chi connectivity index (χ1n) is 6.30. The normalized spacial score (nSPS) is 16.0. The number of hydrogen-bond acceptors (Lipinski definition) is 6. The second-order valence-electron chi connectivity index (χ2n) is 5.71. The number of thiazole rings is 1. The maximum Gasteiger partial charge on any atom is 0.430 e. The van der Waals surface area contributed by atoms with E-state index >= 15 is 0 Å². The van der Waals surface area contributed by atoms with E-state index in [1.54, 1.807) is 33.1 Å². The van der Waals surface area contributed by atoms with Gasteiger partial charge in [-0.15, -0.1) is 11.3 Å². The molecule has 0 N–H and O–H groups in total. The highest BCUT2D eigenvalue weighted by Crippen LogP contribution is 2.34. The third-order valence-corrected chi connectivity index (χ3v) is 5.49. The fourth-order valence-electron chi connectivity index (χ4n) is 1.59. The van der Waals surface area contributed by atoms with E-state index in [0.717, 1.165) is 0 Å². The minimum absolute atomic E-state index is 0.119. The van der Waals surface area contributed by atoms with Crippen LogP contribution in [0.3, 0.4) is 0 Å². The Morgan fingerprint density at radius 2 is 2.05 bits per heavy atom. The summed E-state index contributed by atoms with van der Waals surface area (Å²) in [5, 5.41) is 1.75. The number of amides is 1. The van der Waals surface area contributed by atoms with Crippen molar-refractivity contribution < 1.29 is 17.9 Å². The molecule has 2 rings (SSSR count). The van der Waals surface area contributed by atoms with Gasteiger partial charge in [0.2, 0.25) is 10.0 Å². The van der Waals surface area contributed by atoms with Crippen molar-refractivity contribution in [2.24, 2.45) is 0 Å². The number of carbonyl (C=O) groups is 1. The Kier molecular flexibility index (Phi) is 3.81. The van der Waals surface area contributed by atoms with Gasteiger partial charge in [0.15, 0.2) is 5.82 Å². The molecule has 0 spiro atoms. The van der Waals surface area contributed by atoms with Gasteiger partial charge in [-0.1, -0.05) is 0 Å². The molecule has 1 aromatic rings. The number of ether oxygens (including phenoxy) is 1. The van der Waals surface area contributed by atoms with Crippen LogP contribution in [0.25, 0.3) is 0 Å². The second kappa shape index (κ2) is 5.00. The molecule has 1 heterocycles. The van der Waals surface area contributed by atoms with Gasteiger partial charge in [-0.05, 0) is 40.5 Å². The Labute approximate surface area is 122 Å². The van der Waals surface area contributed by atoms with Crippen LogP contribution in [0.1, 0.15) is 38.6 Å². The first-order valence-corrected chi connectivity index (χ1v) is 8.69. The average molecular weight is 318 g/mol. The van der Waals surface area contributed by atoms with Crippen molar-refractivity contribution >= 4 is 33.3 Å². The lowest BCUT2D eigenvalue weighted by Crippen LogP contribution is -2.42. The molecular weight excluding hydrogens is 300 g/mol. The Morgan fingerprint density at radius 3 is 2.45 bits per heavy atom. The van der Waals surface area contributed by atoms with Gasteiger partial charge < -0.3 is 4.74 Å². The van der Waals surface area contributed by atoms with Gasteiger partial charge in [-0.2, -0.15) is 4.31 Å². The Hall–Kier alpha value is -1.15. The summed E-state index contributed by atoms with van der Waals surface area (Å²) in [6.45, 7) is 6.84. The number of aryl methyl sites for hydroxylation is 1. The number of anilines is 1. The monoisotopic (exact) mass is 318 g/mol. The third kappa shape index (κ3) is 3.29. The van der Waals surface area contributed by atoms with Crippen molar-refractivity contribution in [2.75, 3.05) is 4.31 Å². The van der Waals surface area contributed by atoms with Crippen molar-refractivity contribution in [3.63, 3.8) is 0 Å². The summed E-state index contributed by atoms with van der Waals surface area (Å²) < 4.78 is 30.7. The van der Waals surface area contributed by atoms with Crippen LogP contribution in [-0.4, -0.2) is 30.3 Å². The van der Waals surface area contributed by atoms with Gasteiger partial charge in [0.25, 0.3) is 0 Å². The molecule has 0 aliphatic heterocycles. The number of nitrogens with zero attached hydrogens (tertiary/aromatic N) is 2. The fourth-order valence-corrected chi connectivity index (χ4v) is 3.87. The summed E-state index contributed by atoms with van der Waals surface area (Å²) in [6, 6.07) is 0. The van der Waals surface area contributed by atoms with Gasteiger partial charge in [0, 0.05) is 5.38 Å². The molecule has 0 unspecified atom stereocenters. The van der Waals surface area contributed by atoms with Crippen LogP contribution in [-0.2, 0) is 14.8 Å². The maximum atomic E-state index is 12.4. The molecule has 0 aromatic carbocycles. The highest BCUT2D eigenvalue weighted by molar-refractivity contribution is 7.94. The van der Waals surface area contributed by atoms with Crippen LogP contribution in [0.2, 0.25) is 0 Å². The first kappa shape index (κ1) is 15.2. The Balaban J connectivity index is 2.37. The van der Waals surface area contributed by atoms with Gasteiger partial charge in [0.1, 0.15) is 5.60 Å². The molecule has 0 bridgehead atoms. The van der Waals surface area contributed by atoms with Crippen molar-refractivity contribution in [3.05, 3.63) is 10.4 Å². The molecule has 20 heavy (non-hydrogen) atoms. The summed E-state index contributed by atoms with van der Waals surface area (Å²) in [5.74, 6) is 0.119. The molecule has 1 amide bonds. The smallest absolute Gasteiger partial charge is 0.430 e. The summed E-state index contributed by atoms with van der Waals surface area (Å²) in [4.78, 5) is 16.3. The quantitative estimate of drug-likeness (QED) is 0.856. The van der Waals surface area contributed by atoms with E-state index in [2.05, 4.69) is 4.98 Å². The van der Waals surface area contributed by atoms with Crippen molar-refractivity contribution in [3.8, 4) is 0 Å². The zero-order chi connectivity index (χ0) is 15.1. The molecule has 6 nitrogen and oxygen atoms in total. The lowest BCUT2D eigenvalue weighted by molar-refractivity contribution is 0.0608. The van der Waals surface area contributed by atoms with Gasteiger partial charge in [-0.3, -0.25) is 0 Å². The highest BCUT2D eigenvalue weighted by Gasteiger charge is 2.45. The molecule has 8 heteroatoms. The van der Waals surface area contributed by atoms with Crippen LogP contribution in [0.5, 0.6) is 0 Å². The summed E-state index contributed by atoms with van der Waals surface area (Å²) >= 11 is 1.29. The predicted molar refractivity (Wildman–Crippen MR) is 77.5 cm³/mol. The molecule has 0 atom stereocenters. The van der Waals surface area contributed by atoms with Gasteiger partial charge >= 0.3 is 6.09 Å². The van der Waals surface area contributed by atoms with E-state index in [1.165, 1.54) is 11.3 Å². The largest absolute Gasteiger partial charge is 0.443 e. The minimum Gasteiger partial charge on any atom is -0.443 e. The molecule has 0 radical (unpaired) electrons. The molecule has 0 saturated heterocycles. The first-order chi connectivity index (χ1) is 9.11. The van der Waals surface area contributed by atoms with Crippen LogP contribution < -0.4 is 4.31 Å². The standard InChI is InChI=1S/C12H18N2O4S2/c1-8-13-10(7-19-8)14(11(15)18-12(2,3)4)20(16,17)9-5-6-9/h7,9H,5-6H2,1-4H3. The van der Waals surface area contributed by atoms with Crippen molar-refractivity contribution in [1.82, 2.24) is 4.98 Å². The maximum absolute atomic E-state index is 12.4. The molecule has 1 fully saturated rings. The predicted octanol–water partition coefficient (Wildman–Crippen LogP) is 2.69. The van der Waals surface area contributed by atoms with E-state index in [-0.39, 0.29) is 5.82 Å². The zero-order valence-electron chi connectivity index (χ0n) is 11.9. The van der Waals surface area contributed by atoms with E-state index in [0.29, 0.717) is 22.2 Å². The molecule has 1 saturated carbocycles. The number of rotatable bonds is 3. The van der Waals surface area contributed by atoms with E-state index in [1.807, 2.05) is 0 Å². The lowest BCUT2D eigenvalue weighted by atomic mass is 10.2. The minimum atomic E-state index is -3.74. The molecule has 1 aromatic heterocycles. The number of carbonyl (C=O) groups excluding carboxylic acids is 1. The fraction of sp³-hybridized carbons (Fsp3) is 0.667. The van der Waals surface area contributed by atoms with Crippen LogP contribution in [0.4, 0.5) is 10.6 Å². The third-order valence-electron chi connectivity index (χ3n) is 2.57. The molecule has 1 aliphatic carbocycles. The molecule has 112 valence electrons. The van der Waals surface area contributed by atoms with Gasteiger partial charge in [-0.25, -0.2) is 18.2 Å². The summed E-state index contributed by atoms with van der Waals surface area (Å²) in [5.41, 5.74) is -0.764. The number of aromatic nitrogens is 1. The van der Waals surface area contributed by atoms with E-state index in [4.69, 9.17) is 4.74 Å². The lowest BCUT2D eigenvalue weighted by Gasteiger charge is -2.25. The van der Waals surface area contributed by atoms with Crippen molar-refractivity contribution in [1.29, 1.82) is 0 Å². The van der Waals surface area contributed by atoms with E-state index < -0.39 is 27.0 Å². The molecular formula is C12H18N2O4S2. The Bertz CT molecular complexity index is 612. The second-order valence-corrected chi connectivity index (χ2v) is 8.84. The number of sulfonamides is 1. The SMILES string of the molecule is Cc1nc(N(C(=O)OC(C)(C)C)S(=O)(=O)C2CC2)cs1. The zero-order valence-corrected chi connectivity index (χ0v) is 13.5.